The molecule has 6 atom stereocenters. The van der Waals surface area contributed by atoms with Crippen molar-refractivity contribution in [1.29, 1.82) is 0 Å². The first kappa shape index (κ1) is 46.0. The first-order chi connectivity index (χ1) is 25.8. The molecular formula is C35H61B2ClN6O12. The van der Waals surface area contributed by atoms with Crippen molar-refractivity contribution in [2.45, 2.75) is 126 Å². The predicted octanol–water partition coefficient (Wildman–Crippen LogP) is -0.657. The summed E-state index contributed by atoms with van der Waals surface area (Å²) in [5.41, 5.74) is -4.28. The molecule has 18 nitrogen and oxygen atoms in total. The first-order valence-corrected chi connectivity index (χ1v) is 19.8. The van der Waals surface area contributed by atoms with E-state index in [4.69, 9.17) is 14.8 Å². The summed E-state index contributed by atoms with van der Waals surface area (Å²) in [6.07, 6.45) is 6.09. The lowest BCUT2D eigenvalue weighted by molar-refractivity contribution is -0.148. The van der Waals surface area contributed by atoms with Crippen LogP contribution >= 0.6 is 12.4 Å². The molecule has 6 rings (SSSR count). The lowest BCUT2D eigenvalue weighted by Crippen LogP contribution is -2.58. The number of amides is 3. The standard InChI is InChI=1S/C20H34BN3O7.C15H26BN3O5.ClH/c1-18(2,3)31-17(28)24-11-4-6-14(24)15(25)23-12-19(7-5-9-21(29)30)8-10-22-20(19,13-23)16(26)27;20-12(11-3-1-7-17-11)19-9-14(4-2-6-16(23)24)5-8-18-15(14,10-19)13(21)22;/h14,22,29-30H,4-13H2,1-3H3,(H,26,27);11,17-18,23-24H,1-10H2,(H,21,22);1H/t14-,19+,20+;11-,14+,15+;/m00./s1. The Labute approximate surface area is 335 Å². The average Bonchev–Trinajstić information content (AvgIpc) is 3.92. The average molecular weight is 815 g/mol. The molecule has 316 valence electrons. The molecule has 0 bridgehead atoms. The molecular weight excluding hydrogens is 753 g/mol. The van der Waals surface area contributed by atoms with Crippen LogP contribution in [0.15, 0.2) is 0 Å². The Hall–Kier alpha value is -2.71. The van der Waals surface area contributed by atoms with E-state index in [2.05, 4.69) is 16.0 Å². The van der Waals surface area contributed by atoms with Gasteiger partial charge < -0.3 is 50.2 Å². The molecule has 9 N–H and O–H groups in total. The molecule has 0 aromatic heterocycles. The minimum absolute atomic E-state index is 0. The molecule has 6 heterocycles. The van der Waals surface area contributed by atoms with Gasteiger partial charge in [0.1, 0.15) is 22.7 Å². The van der Waals surface area contributed by atoms with Crippen LogP contribution in [0.3, 0.4) is 0 Å². The van der Waals surface area contributed by atoms with Crippen molar-refractivity contribution < 1.29 is 59.0 Å². The van der Waals surface area contributed by atoms with Crippen molar-refractivity contribution in [2.75, 3.05) is 52.4 Å². The van der Waals surface area contributed by atoms with Gasteiger partial charge in [0.25, 0.3) is 0 Å². The third kappa shape index (κ3) is 9.12. The summed E-state index contributed by atoms with van der Waals surface area (Å²) in [6, 6.07) is -0.859. The number of hydrogen-bond donors (Lipinski definition) is 9. The van der Waals surface area contributed by atoms with E-state index in [9.17, 15) is 44.2 Å². The number of aliphatic carboxylic acids is 2. The monoisotopic (exact) mass is 814 g/mol. The van der Waals surface area contributed by atoms with E-state index in [1.807, 2.05) is 0 Å². The van der Waals surface area contributed by atoms with E-state index in [1.165, 1.54) is 4.90 Å². The Balaban J connectivity index is 0.000000252. The Bertz CT molecular complexity index is 1460. The molecule has 0 aromatic rings. The second kappa shape index (κ2) is 18.1. The zero-order valence-corrected chi connectivity index (χ0v) is 33.7. The van der Waals surface area contributed by atoms with Gasteiger partial charge in [-0.2, -0.15) is 0 Å². The van der Waals surface area contributed by atoms with Crippen LogP contribution in [0.4, 0.5) is 4.79 Å². The zero-order chi connectivity index (χ0) is 40.4. The van der Waals surface area contributed by atoms with Crippen molar-refractivity contribution in [3.63, 3.8) is 0 Å². The number of hydrogen-bond acceptors (Lipinski definition) is 13. The van der Waals surface area contributed by atoms with Gasteiger partial charge >= 0.3 is 32.3 Å². The quantitative estimate of drug-likeness (QED) is 0.111. The molecule has 6 fully saturated rings. The van der Waals surface area contributed by atoms with Gasteiger partial charge in [-0.25, -0.2) is 4.79 Å². The highest BCUT2D eigenvalue weighted by atomic mass is 35.5. The zero-order valence-electron chi connectivity index (χ0n) is 32.8. The lowest BCUT2D eigenvalue weighted by Gasteiger charge is -2.35. The number of likely N-dealkylation sites (tertiary alicyclic amines) is 3. The molecule has 6 aliphatic rings. The van der Waals surface area contributed by atoms with Crippen LogP contribution in [0, 0.1) is 10.8 Å². The molecule has 6 aliphatic heterocycles. The Morgan fingerprint density at radius 1 is 0.732 bits per heavy atom. The van der Waals surface area contributed by atoms with Crippen LogP contribution in [0.25, 0.3) is 0 Å². The minimum atomic E-state index is -1.44. The molecule has 0 unspecified atom stereocenters. The fourth-order valence-corrected chi connectivity index (χ4v) is 10.1. The second-order valence-corrected chi connectivity index (χ2v) is 17.5. The highest BCUT2D eigenvalue weighted by molar-refractivity contribution is 6.41. The predicted molar refractivity (Wildman–Crippen MR) is 207 cm³/mol. The highest BCUT2D eigenvalue weighted by Crippen LogP contribution is 2.51. The van der Waals surface area contributed by atoms with Gasteiger partial charge in [-0.05, 0) is 104 Å². The Morgan fingerprint density at radius 2 is 1.23 bits per heavy atom. The second-order valence-electron chi connectivity index (χ2n) is 17.5. The summed E-state index contributed by atoms with van der Waals surface area (Å²) in [7, 11) is -2.82. The van der Waals surface area contributed by atoms with E-state index in [0.29, 0.717) is 77.5 Å². The SMILES string of the molecule is CC(C)(C)OC(=O)N1CCC[C@H]1C(=O)N1C[C@@]2(CCCB(O)O)CCN[C@@]2(C(=O)O)C1.Cl.O=C([C@@H]1CCCN1)N1C[C@@]2(CCCB(O)O)CCN[C@@]2(C(=O)O)C1. The van der Waals surface area contributed by atoms with Crippen molar-refractivity contribution in [3.05, 3.63) is 0 Å². The number of ether oxygens (including phenoxy) is 1. The van der Waals surface area contributed by atoms with Crippen molar-refractivity contribution in [1.82, 2.24) is 30.7 Å². The number of carboxylic acids is 2. The summed E-state index contributed by atoms with van der Waals surface area (Å²) in [6.45, 7) is 8.62. The molecule has 0 aromatic carbocycles. The van der Waals surface area contributed by atoms with E-state index >= 15 is 0 Å². The normalized spacial score (nSPS) is 31.9. The lowest BCUT2D eigenvalue weighted by atomic mass is 9.68. The van der Waals surface area contributed by atoms with E-state index < -0.39 is 65.8 Å². The maximum absolute atomic E-state index is 13.4. The fraction of sp³-hybridized carbons (Fsp3) is 0.857. The first-order valence-electron chi connectivity index (χ1n) is 19.8. The summed E-state index contributed by atoms with van der Waals surface area (Å²) < 4.78 is 5.46. The van der Waals surface area contributed by atoms with Crippen molar-refractivity contribution >= 4 is 56.5 Å². The Morgan fingerprint density at radius 3 is 1.66 bits per heavy atom. The van der Waals surface area contributed by atoms with Crippen LogP contribution in [0.2, 0.25) is 12.6 Å². The third-order valence-corrected chi connectivity index (χ3v) is 12.8. The third-order valence-electron chi connectivity index (χ3n) is 12.8. The van der Waals surface area contributed by atoms with Gasteiger partial charge in [0.05, 0.1) is 19.1 Å². The van der Waals surface area contributed by atoms with Gasteiger partial charge in [-0.15, -0.1) is 12.4 Å². The smallest absolute Gasteiger partial charge is 0.451 e. The molecule has 0 saturated carbocycles. The number of rotatable bonds is 12. The van der Waals surface area contributed by atoms with Gasteiger partial charge in [0.2, 0.25) is 11.8 Å². The number of carboxylic acid groups (broad SMARTS) is 2. The number of carbonyl (C=O) groups is 5. The van der Waals surface area contributed by atoms with Gasteiger partial charge in [0, 0.05) is 30.5 Å². The van der Waals surface area contributed by atoms with Crippen LogP contribution in [-0.4, -0.2) is 170 Å². The van der Waals surface area contributed by atoms with E-state index in [0.717, 1.165) is 19.4 Å². The highest BCUT2D eigenvalue weighted by Gasteiger charge is 2.67. The summed E-state index contributed by atoms with van der Waals surface area (Å²) in [5.74, 6) is -2.17. The number of nitrogens with zero attached hydrogens (tertiary/aromatic N) is 3. The van der Waals surface area contributed by atoms with Gasteiger partial charge in [-0.1, -0.05) is 12.8 Å². The molecule has 21 heteroatoms. The van der Waals surface area contributed by atoms with Crippen LogP contribution in [0.1, 0.15) is 85.0 Å². The number of fused-ring (bicyclic) bond motifs is 2. The number of carbonyl (C=O) groups excluding carboxylic acids is 3. The Kier molecular flexibility index (Phi) is 14.8. The summed E-state index contributed by atoms with van der Waals surface area (Å²) >= 11 is 0. The van der Waals surface area contributed by atoms with E-state index in [-0.39, 0.29) is 62.5 Å². The molecule has 0 spiro atoms. The van der Waals surface area contributed by atoms with E-state index in [1.54, 1.807) is 30.6 Å². The molecule has 6 saturated heterocycles. The fourth-order valence-electron chi connectivity index (χ4n) is 10.1. The van der Waals surface area contributed by atoms with Crippen LogP contribution in [-0.2, 0) is 23.9 Å². The molecule has 0 aliphatic carbocycles. The number of halogens is 1. The summed E-state index contributed by atoms with van der Waals surface area (Å²) in [5, 5.41) is 66.0. The maximum atomic E-state index is 13.4. The van der Waals surface area contributed by atoms with Crippen LogP contribution < -0.4 is 16.0 Å². The largest absolute Gasteiger partial charge is 0.480 e. The van der Waals surface area contributed by atoms with Crippen molar-refractivity contribution in [3.8, 4) is 0 Å². The maximum Gasteiger partial charge on any atom is 0.451 e. The van der Waals surface area contributed by atoms with Gasteiger partial charge in [-0.3, -0.25) is 34.7 Å². The van der Waals surface area contributed by atoms with Gasteiger partial charge in [0.15, 0.2) is 0 Å². The topological polar surface area (TPSA) is 262 Å². The molecule has 3 amide bonds. The molecule has 0 radical (unpaired) electrons. The summed E-state index contributed by atoms with van der Waals surface area (Å²) in [4.78, 5) is 67.9. The molecule has 56 heavy (non-hydrogen) atoms. The van der Waals surface area contributed by atoms with Crippen molar-refractivity contribution in [2.24, 2.45) is 10.8 Å². The number of nitrogens with one attached hydrogen (secondary N) is 3. The van der Waals surface area contributed by atoms with Crippen LogP contribution in [0.5, 0.6) is 0 Å². The minimum Gasteiger partial charge on any atom is -0.480 e.